The number of imidazole rings is 1. The number of fused-ring (bicyclic) bond motifs is 1. The van der Waals surface area contributed by atoms with Gasteiger partial charge in [0.25, 0.3) is 5.91 Å². The van der Waals surface area contributed by atoms with Crippen molar-refractivity contribution in [3.05, 3.63) is 65.7 Å². The Hall–Kier alpha value is -2.97. The van der Waals surface area contributed by atoms with E-state index in [1.165, 1.54) is 17.8 Å². The maximum absolute atomic E-state index is 12.6. The summed E-state index contributed by atoms with van der Waals surface area (Å²) in [6, 6.07) is 7.78. The van der Waals surface area contributed by atoms with Gasteiger partial charge in [0, 0.05) is 48.4 Å². The molecule has 4 aromatic heterocycles. The Morgan fingerprint density at radius 2 is 2.20 bits per heavy atom. The van der Waals surface area contributed by atoms with Gasteiger partial charge in [-0.1, -0.05) is 6.07 Å². The molecular formula is C22H23N5O2S. The summed E-state index contributed by atoms with van der Waals surface area (Å²) in [5.74, 6) is -0.0695. The van der Waals surface area contributed by atoms with Crippen molar-refractivity contribution in [2.24, 2.45) is 0 Å². The van der Waals surface area contributed by atoms with Gasteiger partial charge in [-0.25, -0.2) is 4.98 Å². The van der Waals surface area contributed by atoms with Gasteiger partial charge in [0.1, 0.15) is 5.65 Å². The van der Waals surface area contributed by atoms with E-state index in [0.717, 1.165) is 47.6 Å². The lowest BCUT2D eigenvalue weighted by Gasteiger charge is -2.22. The van der Waals surface area contributed by atoms with Crippen molar-refractivity contribution in [2.75, 3.05) is 6.61 Å². The fourth-order valence-corrected chi connectivity index (χ4v) is 4.60. The third-order valence-electron chi connectivity index (χ3n) is 5.32. The standard InChI is InChI=1S/C22H23N5O2S/c28-22(24-11-16-4-7-21-23-8-9-26(21)13-16)20-6-5-19(30-20)17-12-25-27(14-17)15-18-3-1-2-10-29-18/h4-9,12-14,18H,1-3,10-11,15H2,(H,24,28). The topological polar surface area (TPSA) is 73.5 Å². The molecule has 1 N–H and O–H groups in total. The monoisotopic (exact) mass is 421 g/mol. The fraction of sp³-hybridized carbons (Fsp3) is 0.318. The summed E-state index contributed by atoms with van der Waals surface area (Å²) in [6.45, 7) is 2.10. The van der Waals surface area contributed by atoms with E-state index in [4.69, 9.17) is 4.74 Å². The van der Waals surface area contributed by atoms with Crippen LogP contribution in [0.5, 0.6) is 0 Å². The van der Waals surface area contributed by atoms with Crippen molar-refractivity contribution in [1.82, 2.24) is 24.5 Å². The van der Waals surface area contributed by atoms with Crippen molar-refractivity contribution < 1.29 is 9.53 Å². The SMILES string of the molecule is O=C(NCc1ccc2nccn2c1)c1ccc(-c2cnn(CC3CCCCO3)c2)s1. The molecule has 0 aliphatic carbocycles. The second kappa shape index (κ2) is 8.41. The molecule has 1 atom stereocenters. The minimum atomic E-state index is -0.0695. The number of pyridine rings is 1. The van der Waals surface area contributed by atoms with E-state index in [-0.39, 0.29) is 12.0 Å². The maximum Gasteiger partial charge on any atom is 0.261 e. The molecule has 8 heteroatoms. The maximum atomic E-state index is 12.6. The van der Waals surface area contributed by atoms with Crippen LogP contribution >= 0.6 is 11.3 Å². The number of hydrogen-bond acceptors (Lipinski definition) is 5. The van der Waals surface area contributed by atoms with Crippen molar-refractivity contribution in [3.8, 4) is 10.4 Å². The molecule has 5 rings (SSSR count). The first kappa shape index (κ1) is 19.0. The number of nitrogens with zero attached hydrogens (tertiary/aromatic N) is 4. The molecule has 0 radical (unpaired) electrons. The first-order valence-electron chi connectivity index (χ1n) is 10.2. The molecule has 154 valence electrons. The van der Waals surface area contributed by atoms with Gasteiger partial charge in [0.05, 0.1) is 23.7 Å². The zero-order valence-electron chi connectivity index (χ0n) is 16.5. The van der Waals surface area contributed by atoms with Gasteiger partial charge in [-0.3, -0.25) is 9.48 Å². The Morgan fingerprint density at radius 3 is 3.10 bits per heavy atom. The van der Waals surface area contributed by atoms with Crippen LogP contribution in [0.4, 0.5) is 0 Å². The molecule has 1 unspecified atom stereocenters. The summed E-state index contributed by atoms with van der Waals surface area (Å²) in [7, 11) is 0. The van der Waals surface area contributed by atoms with Gasteiger partial charge < -0.3 is 14.5 Å². The molecule has 0 saturated carbocycles. The van der Waals surface area contributed by atoms with Crippen LogP contribution in [0, 0.1) is 0 Å². The number of carbonyl (C=O) groups is 1. The van der Waals surface area contributed by atoms with Crippen LogP contribution in [0.15, 0.2) is 55.2 Å². The summed E-state index contributed by atoms with van der Waals surface area (Å²) in [4.78, 5) is 18.5. The van der Waals surface area contributed by atoms with Crippen molar-refractivity contribution in [3.63, 3.8) is 0 Å². The molecule has 30 heavy (non-hydrogen) atoms. The van der Waals surface area contributed by atoms with Gasteiger partial charge in [0.2, 0.25) is 0 Å². The third kappa shape index (κ3) is 4.15. The van der Waals surface area contributed by atoms with Gasteiger partial charge in [-0.15, -0.1) is 11.3 Å². The van der Waals surface area contributed by atoms with Crippen molar-refractivity contribution >= 4 is 22.9 Å². The second-order valence-corrected chi connectivity index (χ2v) is 8.60. The fourth-order valence-electron chi connectivity index (χ4n) is 3.71. The number of amides is 1. The summed E-state index contributed by atoms with van der Waals surface area (Å²) in [5, 5.41) is 7.47. The van der Waals surface area contributed by atoms with Crippen molar-refractivity contribution in [2.45, 2.75) is 38.5 Å². The Labute approximate surface area is 178 Å². The Bertz CT molecular complexity index is 1160. The Balaban J connectivity index is 1.21. The number of nitrogens with one attached hydrogen (secondary N) is 1. The van der Waals surface area contributed by atoms with Gasteiger partial charge in [-0.05, 0) is 43.0 Å². The molecule has 7 nitrogen and oxygen atoms in total. The second-order valence-electron chi connectivity index (χ2n) is 7.52. The zero-order chi connectivity index (χ0) is 20.3. The Morgan fingerprint density at radius 1 is 1.23 bits per heavy atom. The number of aromatic nitrogens is 4. The van der Waals surface area contributed by atoms with Crippen LogP contribution in [0.25, 0.3) is 16.1 Å². The number of thiophene rings is 1. The van der Waals surface area contributed by atoms with Crippen LogP contribution in [0.1, 0.15) is 34.5 Å². The highest BCUT2D eigenvalue weighted by Crippen LogP contribution is 2.28. The van der Waals surface area contributed by atoms with E-state index >= 15 is 0 Å². The lowest BCUT2D eigenvalue weighted by molar-refractivity contribution is 0.00400. The largest absolute Gasteiger partial charge is 0.376 e. The van der Waals surface area contributed by atoms with E-state index in [0.29, 0.717) is 11.4 Å². The minimum Gasteiger partial charge on any atom is -0.376 e. The lowest BCUT2D eigenvalue weighted by Crippen LogP contribution is -2.24. The predicted octanol–water partition coefficient (Wildman–Crippen LogP) is 3.76. The normalized spacial score (nSPS) is 16.7. The van der Waals surface area contributed by atoms with E-state index < -0.39 is 0 Å². The lowest BCUT2D eigenvalue weighted by atomic mass is 10.1. The van der Waals surface area contributed by atoms with Crippen LogP contribution in [0.2, 0.25) is 0 Å². The number of hydrogen-bond donors (Lipinski definition) is 1. The molecule has 5 heterocycles. The van der Waals surface area contributed by atoms with E-state index in [1.807, 2.05) is 58.1 Å². The quantitative estimate of drug-likeness (QED) is 0.515. The average molecular weight is 422 g/mol. The average Bonchev–Trinajstić information content (AvgIpc) is 3.52. The summed E-state index contributed by atoms with van der Waals surface area (Å²) < 4.78 is 9.69. The number of carbonyl (C=O) groups excluding carboxylic acids is 1. The molecule has 1 saturated heterocycles. The van der Waals surface area contributed by atoms with E-state index in [2.05, 4.69) is 15.4 Å². The smallest absolute Gasteiger partial charge is 0.261 e. The highest BCUT2D eigenvalue weighted by molar-refractivity contribution is 7.17. The van der Waals surface area contributed by atoms with E-state index in [9.17, 15) is 4.79 Å². The number of ether oxygens (including phenoxy) is 1. The first-order valence-corrected chi connectivity index (χ1v) is 11.0. The van der Waals surface area contributed by atoms with Gasteiger partial charge in [0.15, 0.2) is 0 Å². The van der Waals surface area contributed by atoms with Crippen molar-refractivity contribution in [1.29, 1.82) is 0 Å². The van der Waals surface area contributed by atoms with Crippen LogP contribution in [-0.4, -0.2) is 37.8 Å². The molecule has 1 aliphatic heterocycles. The summed E-state index contributed by atoms with van der Waals surface area (Å²) >= 11 is 1.48. The summed E-state index contributed by atoms with van der Waals surface area (Å²) in [5.41, 5.74) is 2.95. The molecule has 1 amide bonds. The number of rotatable bonds is 6. The molecule has 1 fully saturated rings. The Kier molecular flexibility index (Phi) is 5.33. The highest BCUT2D eigenvalue weighted by Gasteiger charge is 2.16. The molecular weight excluding hydrogens is 398 g/mol. The predicted molar refractivity (Wildman–Crippen MR) is 115 cm³/mol. The van der Waals surface area contributed by atoms with Crippen LogP contribution < -0.4 is 5.32 Å². The molecule has 0 bridgehead atoms. The summed E-state index contributed by atoms with van der Waals surface area (Å²) in [6.07, 6.45) is 13.2. The third-order valence-corrected chi connectivity index (χ3v) is 6.45. The molecule has 0 aromatic carbocycles. The molecule has 0 spiro atoms. The van der Waals surface area contributed by atoms with E-state index in [1.54, 1.807) is 6.20 Å². The van der Waals surface area contributed by atoms with Gasteiger partial charge >= 0.3 is 0 Å². The molecule has 1 aliphatic rings. The van der Waals surface area contributed by atoms with Crippen LogP contribution in [0.3, 0.4) is 0 Å². The minimum absolute atomic E-state index is 0.0695. The van der Waals surface area contributed by atoms with Crippen LogP contribution in [-0.2, 0) is 17.8 Å². The zero-order valence-corrected chi connectivity index (χ0v) is 17.3. The highest BCUT2D eigenvalue weighted by atomic mass is 32.1. The molecule has 4 aromatic rings. The van der Waals surface area contributed by atoms with Gasteiger partial charge in [-0.2, -0.15) is 5.10 Å². The first-order chi connectivity index (χ1) is 14.7.